The second-order valence-corrected chi connectivity index (χ2v) is 4.10. The smallest absolute Gasteiger partial charge is 0.250 e. The molecule has 0 atom stereocenters. The topological polar surface area (TPSA) is 65.8 Å². The van der Waals surface area contributed by atoms with Crippen LogP contribution in [0.1, 0.15) is 11.4 Å². The minimum absolute atomic E-state index is 0.0336. The molecule has 0 spiro atoms. The van der Waals surface area contributed by atoms with E-state index in [-0.39, 0.29) is 5.56 Å². The van der Waals surface area contributed by atoms with Crippen molar-refractivity contribution in [1.29, 1.82) is 0 Å². The highest BCUT2D eigenvalue weighted by molar-refractivity contribution is 5.33. The van der Waals surface area contributed by atoms with E-state index < -0.39 is 0 Å². The predicted molar refractivity (Wildman–Crippen MR) is 66.8 cm³/mol. The Hall–Kier alpha value is -2.04. The van der Waals surface area contributed by atoms with Gasteiger partial charge in [-0.3, -0.25) is 4.79 Å². The highest BCUT2D eigenvalue weighted by atomic mass is 16.1. The van der Waals surface area contributed by atoms with Crippen molar-refractivity contribution in [2.75, 3.05) is 5.73 Å². The third kappa shape index (κ3) is 2.38. The molecule has 5 heteroatoms. The molecule has 0 saturated carbocycles. The molecule has 0 fully saturated rings. The Balaban J connectivity index is 2.15. The molecule has 2 heterocycles. The van der Waals surface area contributed by atoms with Crippen LogP contribution in [-0.4, -0.2) is 14.1 Å². The zero-order valence-corrected chi connectivity index (χ0v) is 10.1. The summed E-state index contributed by atoms with van der Waals surface area (Å²) in [5.74, 6) is 0. The second-order valence-electron chi connectivity index (χ2n) is 4.10. The molecular formula is C12H16N4O. The molecule has 5 nitrogen and oxygen atoms in total. The number of nitrogen functional groups attached to an aromatic ring is 1. The van der Waals surface area contributed by atoms with Crippen molar-refractivity contribution in [3.8, 4) is 0 Å². The van der Waals surface area contributed by atoms with Crippen LogP contribution in [0.25, 0.3) is 0 Å². The fraction of sp³-hybridized carbons (Fsp3) is 0.333. The molecule has 0 aromatic carbocycles. The van der Waals surface area contributed by atoms with Gasteiger partial charge in [-0.25, -0.2) is 4.98 Å². The number of pyridine rings is 1. The zero-order chi connectivity index (χ0) is 12.4. The lowest BCUT2D eigenvalue weighted by Gasteiger charge is -2.08. The van der Waals surface area contributed by atoms with Crippen LogP contribution in [0.3, 0.4) is 0 Å². The molecule has 90 valence electrons. The first-order valence-electron chi connectivity index (χ1n) is 5.52. The molecule has 0 aliphatic carbocycles. The molecule has 0 aliphatic heterocycles. The van der Waals surface area contributed by atoms with Gasteiger partial charge in [-0.15, -0.1) is 0 Å². The van der Waals surface area contributed by atoms with Crippen molar-refractivity contribution in [2.45, 2.75) is 26.9 Å². The normalized spacial score (nSPS) is 10.7. The van der Waals surface area contributed by atoms with E-state index >= 15 is 0 Å². The summed E-state index contributed by atoms with van der Waals surface area (Å²) in [6.45, 7) is 5.31. The van der Waals surface area contributed by atoms with E-state index in [1.807, 2.05) is 18.4 Å². The lowest BCUT2D eigenvalue weighted by Crippen LogP contribution is -2.21. The van der Waals surface area contributed by atoms with Crippen LogP contribution < -0.4 is 11.3 Å². The SMILES string of the molecule is Cc1ncn(CCn2cc(N)ccc2=O)c1C. The monoisotopic (exact) mass is 232 g/mol. The van der Waals surface area contributed by atoms with Crippen LogP contribution >= 0.6 is 0 Å². The van der Waals surface area contributed by atoms with Gasteiger partial charge in [0.15, 0.2) is 0 Å². The number of imidazole rings is 1. The predicted octanol–water partition coefficient (Wildman–Crippen LogP) is 0.944. The molecule has 2 aromatic heterocycles. The Morgan fingerprint density at radius 2 is 1.94 bits per heavy atom. The molecule has 17 heavy (non-hydrogen) atoms. The number of anilines is 1. The molecule has 2 rings (SSSR count). The maximum Gasteiger partial charge on any atom is 0.250 e. The van der Waals surface area contributed by atoms with Gasteiger partial charge in [-0.05, 0) is 19.9 Å². The van der Waals surface area contributed by atoms with Gasteiger partial charge >= 0.3 is 0 Å². The Morgan fingerprint density at radius 1 is 1.24 bits per heavy atom. The Bertz CT molecular complexity index is 582. The fourth-order valence-corrected chi connectivity index (χ4v) is 1.71. The molecule has 0 saturated heterocycles. The molecule has 2 N–H and O–H groups in total. The number of aryl methyl sites for hydroxylation is 3. The fourth-order valence-electron chi connectivity index (χ4n) is 1.71. The Labute approximate surface area is 99.5 Å². The zero-order valence-electron chi connectivity index (χ0n) is 10.1. The van der Waals surface area contributed by atoms with Gasteiger partial charge in [0.2, 0.25) is 0 Å². The Morgan fingerprint density at radius 3 is 2.59 bits per heavy atom. The summed E-state index contributed by atoms with van der Waals surface area (Å²) in [5, 5.41) is 0. The van der Waals surface area contributed by atoms with Crippen molar-refractivity contribution >= 4 is 5.69 Å². The average Bonchev–Trinajstić information content (AvgIpc) is 2.62. The van der Waals surface area contributed by atoms with E-state index in [2.05, 4.69) is 4.98 Å². The van der Waals surface area contributed by atoms with Crippen LogP contribution in [-0.2, 0) is 13.1 Å². The number of hydrogen-bond donors (Lipinski definition) is 1. The standard InChI is InChI=1S/C12H16N4O/c1-9-10(2)16(8-14-9)6-5-15-7-11(13)3-4-12(15)17/h3-4,7-8H,5-6,13H2,1-2H3. The highest BCUT2D eigenvalue weighted by Gasteiger charge is 2.02. The van der Waals surface area contributed by atoms with E-state index in [9.17, 15) is 4.79 Å². The van der Waals surface area contributed by atoms with Crippen molar-refractivity contribution < 1.29 is 0 Å². The van der Waals surface area contributed by atoms with Gasteiger partial charge in [0.05, 0.1) is 12.0 Å². The Kier molecular flexibility index (Phi) is 2.99. The first-order valence-corrected chi connectivity index (χ1v) is 5.52. The van der Waals surface area contributed by atoms with Crippen molar-refractivity contribution in [3.05, 3.63) is 46.4 Å². The molecule has 2 aromatic rings. The first-order chi connectivity index (χ1) is 8.08. The van der Waals surface area contributed by atoms with Gasteiger partial charge in [-0.2, -0.15) is 0 Å². The second kappa shape index (κ2) is 4.45. The number of hydrogen-bond acceptors (Lipinski definition) is 3. The van der Waals surface area contributed by atoms with Gasteiger partial charge in [0.25, 0.3) is 5.56 Å². The lowest BCUT2D eigenvalue weighted by molar-refractivity contribution is 0.557. The number of aromatic nitrogens is 3. The minimum atomic E-state index is -0.0336. The van der Waals surface area contributed by atoms with Crippen LogP contribution in [0.2, 0.25) is 0 Å². The van der Waals surface area contributed by atoms with E-state index in [4.69, 9.17) is 5.73 Å². The summed E-state index contributed by atoms with van der Waals surface area (Å²) in [6, 6.07) is 3.10. The maximum absolute atomic E-state index is 11.6. The maximum atomic E-state index is 11.6. The quantitative estimate of drug-likeness (QED) is 0.856. The summed E-state index contributed by atoms with van der Waals surface area (Å²) in [7, 11) is 0. The van der Waals surface area contributed by atoms with Crippen LogP contribution in [0, 0.1) is 13.8 Å². The van der Waals surface area contributed by atoms with E-state index in [0.29, 0.717) is 12.2 Å². The molecular weight excluding hydrogens is 216 g/mol. The highest BCUT2D eigenvalue weighted by Crippen LogP contribution is 2.04. The molecule has 0 unspecified atom stereocenters. The third-order valence-electron chi connectivity index (χ3n) is 2.93. The van der Waals surface area contributed by atoms with Crippen LogP contribution in [0.15, 0.2) is 29.5 Å². The van der Waals surface area contributed by atoms with Gasteiger partial charge in [-0.1, -0.05) is 0 Å². The summed E-state index contributed by atoms with van der Waals surface area (Å²) >= 11 is 0. The molecule has 0 bridgehead atoms. The van der Waals surface area contributed by atoms with Gasteiger partial charge < -0.3 is 14.9 Å². The molecule has 0 radical (unpaired) electrons. The number of rotatable bonds is 3. The first kappa shape index (κ1) is 11.4. The third-order valence-corrected chi connectivity index (χ3v) is 2.93. The molecule has 0 aliphatic rings. The van der Waals surface area contributed by atoms with Gasteiger partial charge in [0, 0.05) is 36.7 Å². The van der Waals surface area contributed by atoms with Crippen molar-refractivity contribution in [3.63, 3.8) is 0 Å². The van der Waals surface area contributed by atoms with Crippen molar-refractivity contribution in [1.82, 2.24) is 14.1 Å². The van der Waals surface area contributed by atoms with Crippen LogP contribution in [0.5, 0.6) is 0 Å². The number of nitrogens with two attached hydrogens (primary N) is 1. The van der Waals surface area contributed by atoms with E-state index in [1.54, 1.807) is 23.2 Å². The number of nitrogens with zero attached hydrogens (tertiary/aromatic N) is 3. The summed E-state index contributed by atoms with van der Waals surface area (Å²) < 4.78 is 3.65. The van der Waals surface area contributed by atoms with Crippen LogP contribution in [0.4, 0.5) is 5.69 Å². The summed E-state index contributed by atoms with van der Waals surface area (Å²) in [5.41, 5.74) is 8.36. The largest absolute Gasteiger partial charge is 0.398 e. The molecule has 0 amide bonds. The van der Waals surface area contributed by atoms with E-state index in [0.717, 1.165) is 17.9 Å². The summed E-state index contributed by atoms with van der Waals surface area (Å²) in [4.78, 5) is 15.8. The lowest BCUT2D eigenvalue weighted by atomic mass is 10.3. The van der Waals surface area contributed by atoms with Gasteiger partial charge in [0.1, 0.15) is 0 Å². The minimum Gasteiger partial charge on any atom is -0.398 e. The van der Waals surface area contributed by atoms with Crippen molar-refractivity contribution in [2.24, 2.45) is 0 Å². The van der Waals surface area contributed by atoms with E-state index in [1.165, 1.54) is 6.07 Å². The summed E-state index contributed by atoms with van der Waals surface area (Å²) in [6.07, 6.45) is 3.46. The average molecular weight is 232 g/mol.